The molecule has 7 nitrogen and oxygen atoms in total. The molecular formula is C11H13BrN2O5S. The topological polar surface area (TPSA) is 96.8 Å². The third-order valence-corrected chi connectivity index (χ3v) is 5.47. The second-order valence-corrected chi connectivity index (χ2v) is 7.32. The molecule has 20 heavy (non-hydrogen) atoms. The summed E-state index contributed by atoms with van der Waals surface area (Å²) in [5.41, 5.74) is 0. The van der Waals surface area contributed by atoms with Gasteiger partial charge in [0.05, 0.1) is 25.2 Å². The fourth-order valence-electron chi connectivity index (χ4n) is 2.02. The summed E-state index contributed by atoms with van der Waals surface area (Å²) in [5, 5.41) is 9.09. The molecule has 1 aromatic rings. The molecule has 2 heterocycles. The maximum Gasteiger partial charge on any atom is 0.310 e. The van der Waals surface area contributed by atoms with Crippen molar-refractivity contribution < 1.29 is 23.1 Å². The summed E-state index contributed by atoms with van der Waals surface area (Å²) < 4.78 is 31.6. The van der Waals surface area contributed by atoms with Gasteiger partial charge < -0.3 is 9.84 Å². The summed E-state index contributed by atoms with van der Waals surface area (Å²) in [6, 6.07) is 0.696. The predicted octanol–water partition coefficient (Wildman–Crippen LogP) is 0.564. The minimum atomic E-state index is -3.81. The Bertz CT molecular complexity index is 621. The lowest BCUT2D eigenvalue weighted by Crippen LogP contribution is -2.44. The fourth-order valence-corrected chi connectivity index (χ4v) is 3.90. The zero-order valence-corrected chi connectivity index (χ0v) is 13.0. The van der Waals surface area contributed by atoms with Crippen LogP contribution in [0.2, 0.25) is 0 Å². The molecule has 1 aromatic heterocycles. The molecule has 1 saturated heterocycles. The standard InChI is InChI=1S/C11H13BrN2O5S/c1-14(10-6-19-5-9(10)11(15)16)20(17,18)8-2-7(12)3-13-4-8/h2-4,9-10H,5-6H2,1H3,(H,15,16). The van der Waals surface area contributed by atoms with Gasteiger partial charge in [0, 0.05) is 23.9 Å². The average Bonchev–Trinajstić information content (AvgIpc) is 2.87. The normalized spacial score (nSPS) is 23.1. The van der Waals surface area contributed by atoms with Crippen LogP contribution in [-0.2, 0) is 19.6 Å². The first-order chi connectivity index (χ1) is 9.34. The Morgan fingerprint density at radius 1 is 1.50 bits per heavy atom. The first-order valence-electron chi connectivity index (χ1n) is 5.73. The minimum Gasteiger partial charge on any atom is -0.481 e. The van der Waals surface area contributed by atoms with E-state index < -0.39 is 28.0 Å². The zero-order chi connectivity index (χ0) is 14.9. The van der Waals surface area contributed by atoms with Gasteiger partial charge in [-0.15, -0.1) is 0 Å². The Morgan fingerprint density at radius 3 is 2.80 bits per heavy atom. The van der Waals surface area contributed by atoms with Crippen molar-refractivity contribution in [2.24, 2.45) is 5.92 Å². The Labute approximate surface area is 124 Å². The van der Waals surface area contributed by atoms with Crippen LogP contribution in [-0.4, -0.2) is 55.1 Å². The molecule has 0 amide bonds. The van der Waals surface area contributed by atoms with E-state index in [0.717, 1.165) is 4.31 Å². The number of aromatic nitrogens is 1. The molecule has 9 heteroatoms. The second kappa shape index (κ2) is 5.76. The van der Waals surface area contributed by atoms with Gasteiger partial charge in [0.1, 0.15) is 4.90 Å². The predicted molar refractivity (Wildman–Crippen MR) is 72.6 cm³/mol. The first-order valence-corrected chi connectivity index (χ1v) is 7.96. The molecule has 0 radical (unpaired) electrons. The van der Waals surface area contributed by atoms with Crippen LogP contribution in [0.3, 0.4) is 0 Å². The lowest BCUT2D eigenvalue weighted by molar-refractivity contribution is -0.142. The Balaban J connectivity index is 2.32. The summed E-state index contributed by atoms with van der Waals surface area (Å²) in [4.78, 5) is 14.9. The minimum absolute atomic E-state index is 0.00501. The number of aliphatic carboxylic acids is 1. The number of ether oxygens (including phenoxy) is 1. The van der Waals surface area contributed by atoms with E-state index in [4.69, 9.17) is 9.84 Å². The van der Waals surface area contributed by atoms with Gasteiger partial charge >= 0.3 is 5.97 Å². The molecule has 1 N–H and O–H groups in total. The van der Waals surface area contributed by atoms with E-state index >= 15 is 0 Å². The molecular weight excluding hydrogens is 352 g/mol. The largest absolute Gasteiger partial charge is 0.481 e. The third-order valence-electron chi connectivity index (χ3n) is 3.19. The van der Waals surface area contributed by atoms with Crippen molar-refractivity contribution in [3.63, 3.8) is 0 Å². The maximum atomic E-state index is 12.5. The number of hydrogen-bond donors (Lipinski definition) is 1. The number of nitrogens with zero attached hydrogens (tertiary/aromatic N) is 2. The molecule has 2 atom stereocenters. The quantitative estimate of drug-likeness (QED) is 0.838. The van der Waals surface area contributed by atoms with Crippen LogP contribution in [0, 0.1) is 5.92 Å². The van der Waals surface area contributed by atoms with Crippen molar-refractivity contribution in [3.8, 4) is 0 Å². The van der Waals surface area contributed by atoms with Crippen LogP contribution in [0.5, 0.6) is 0 Å². The van der Waals surface area contributed by atoms with Crippen LogP contribution in [0.25, 0.3) is 0 Å². The molecule has 0 saturated carbocycles. The second-order valence-electron chi connectivity index (χ2n) is 4.41. The van der Waals surface area contributed by atoms with Crippen molar-refractivity contribution in [3.05, 3.63) is 22.9 Å². The number of hydrogen-bond acceptors (Lipinski definition) is 5. The smallest absolute Gasteiger partial charge is 0.310 e. The van der Waals surface area contributed by atoms with Gasteiger partial charge in [0.15, 0.2) is 0 Å². The number of carboxylic acid groups (broad SMARTS) is 1. The van der Waals surface area contributed by atoms with E-state index in [1.165, 1.54) is 25.5 Å². The molecule has 2 rings (SSSR count). The molecule has 0 spiro atoms. The van der Waals surface area contributed by atoms with Gasteiger partial charge in [-0.25, -0.2) is 8.42 Å². The van der Waals surface area contributed by atoms with Gasteiger partial charge in [0.2, 0.25) is 10.0 Å². The average molecular weight is 365 g/mol. The Hall–Kier alpha value is -1.03. The van der Waals surface area contributed by atoms with Crippen LogP contribution < -0.4 is 0 Å². The molecule has 1 aliphatic heterocycles. The Kier molecular flexibility index (Phi) is 4.43. The monoisotopic (exact) mass is 364 g/mol. The highest BCUT2D eigenvalue weighted by atomic mass is 79.9. The number of carboxylic acids is 1. The molecule has 0 bridgehead atoms. The van der Waals surface area contributed by atoms with E-state index in [1.54, 1.807) is 0 Å². The van der Waals surface area contributed by atoms with Crippen LogP contribution in [0.15, 0.2) is 27.8 Å². The van der Waals surface area contributed by atoms with Gasteiger partial charge in [-0.05, 0) is 22.0 Å². The van der Waals surface area contributed by atoms with Crippen LogP contribution in [0.1, 0.15) is 0 Å². The number of carbonyl (C=O) groups is 1. The zero-order valence-electron chi connectivity index (χ0n) is 10.6. The summed E-state index contributed by atoms with van der Waals surface area (Å²) in [6.45, 7) is 0.0741. The number of pyridine rings is 1. The molecule has 2 unspecified atom stereocenters. The molecule has 0 aromatic carbocycles. The molecule has 1 aliphatic rings. The van der Waals surface area contributed by atoms with Crippen molar-refractivity contribution in [1.29, 1.82) is 0 Å². The number of rotatable bonds is 4. The summed E-state index contributed by atoms with van der Waals surface area (Å²) in [7, 11) is -2.46. The van der Waals surface area contributed by atoms with Crippen LogP contribution >= 0.6 is 15.9 Å². The number of sulfonamides is 1. The SMILES string of the molecule is CN(C1COCC1C(=O)O)S(=O)(=O)c1cncc(Br)c1. The summed E-state index contributed by atoms with van der Waals surface area (Å²) >= 11 is 3.16. The van der Waals surface area contributed by atoms with E-state index in [-0.39, 0.29) is 18.1 Å². The van der Waals surface area contributed by atoms with E-state index in [1.807, 2.05) is 0 Å². The van der Waals surface area contributed by atoms with Crippen molar-refractivity contribution in [2.45, 2.75) is 10.9 Å². The maximum absolute atomic E-state index is 12.5. The van der Waals surface area contributed by atoms with Gasteiger partial charge in [-0.2, -0.15) is 4.31 Å². The van der Waals surface area contributed by atoms with Crippen LogP contribution in [0.4, 0.5) is 0 Å². The molecule has 1 fully saturated rings. The number of likely N-dealkylation sites (N-methyl/N-ethyl adjacent to an activating group) is 1. The molecule has 0 aliphatic carbocycles. The first kappa shape index (κ1) is 15.4. The van der Waals surface area contributed by atoms with Gasteiger partial charge in [-0.1, -0.05) is 0 Å². The summed E-state index contributed by atoms with van der Waals surface area (Å²) in [6.07, 6.45) is 2.69. The highest BCUT2D eigenvalue weighted by Crippen LogP contribution is 2.25. The third kappa shape index (κ3) is 2.85. The van der Waals surface area contributed by atoms with Gasteiger partial charge in [0.25, 0.3) is 0 Å². The fraction of sp³-hybridized carbons (Fsp3) is 0.455. The Morgan fingerprint density at radius 2 is 2.20 bits per heavy atom. The lowest BCUT2D eigenvalue weighted by Gasteiger charge is -2.25. The van der Waals surface area contributed by atoms with Crippen molar-refractivity contribution >= 4 is 31.9 Å². The highest BCUT2D eigenvalue weighted by molar-refractivity contribution is 9.10. The van der Waals surface area contributed by atoms with Crippen molar-refractivity contribution in [1.82, 2.24) is 9.29 Å². The van der Waals surface area contributed by atoms with Gasteiger partial charge in [-0.3, -0.25) is 9.78 Å². The van der Waals surface area contributed by atoms with E-state index in [2.05, 4.69) is 20.9 Å². The lowest BCUT2D eigenvalue weighted by atomic mass is 10.1. The number of halogens is 1. The summed E-state index contributed by atoms with van der Waals surface area (Å²) in [5.74, 6) is -1.93. The highest BCUT2D eigenvalue weighted by Gasteiger charge is 2.41. The van der Waals surface area contributed by atoms with E-state index in [9.17, 15) is 13.2 Å². The van der Waals surface area contributed by atoms with Crippen molar-refractivity contribution in [2.75, 3.05) is 20.3 Å². The van der Waals surface area contributed by atoms with E-state index in [0.29, 0.717) is 4.47 Å². The molecule has 110 valence electrons.